The third-order valence-corrected chi connectivity index (χ3v) is 2.68. The Morgan fingerprint density at radius 3 is 2.87 bits per heavy atom. The van der Waals surface area contributed by atoms with Crippen LogP contribution in [0.3, 0.4) is 0 Å². The summed E-state index contributed by atoms with van der Waals surface area (Å²) in [5, 5.41) is 1.24. The van der Waals surface area contributed by atoms with Crippen LogP contribution in [0, 0.1) is 0 Å². The van der Waals surface area contributed by atoms with E-state index in [0.717, 1.165) is 12.2 Å². The van der Waals surface area contributed by atoms with Gasteiger partial charge in [0.1, 0.15) is 5.75 Å². The van der Waals surface area contributed by atoms with E-state index in [1.807, 2.05) is 6.07 Å². The average Bonchev–Trinajstić information content (AvgIpc) is 2.67. The molecule has 0 fully saturated rings. The highest BCUT2D eigenvalue weighted by Gasteiger charge is 2.01. The van der Waals surface area contributed by atoms with Gasteiger partial charge in [0.25, 0.3) is 0 Å². The van der Waals surface area contributed by atoms with Crippen molar-refractivity contribution in [2.75, 3.05) is 7.11 Å². The molecular formula is C13H17NO. The lowest BCUT2D eigenvalue weighted by molar-refractivity contribution is 0.415. The molecule has 0 bridgehead atoms. The molecular weight excluding hydrogens is 186 g/mol. The third kappa shape index (κ3) is 2.14. The first-order valence-electron chi connectivity index (χ1n) is 5.49. The Labute approximate surface area is 90.3 Å². The van der Waals surface area contributed by atoms with E-state index < -0.39 is 0 Å². The number of unbranched alkanes of at least 4 members (excludes halogenated alkanes) is 1. The van der Waals surface area contributed by atoms with E-state index >= 15 is 0 Å². The first-order valence-corrected chi connectivity index (χ1v) is 5.49. The first-order chi connectivity index (χ1) is 7.33. The van der Waals surface area contributed by atoms with E-state index in [2.05, 4.69) is 30.1 Å². The Hall–Kier alpha value is -1.44. The second kappa shape index (κ2) is 4.39. The maximum Gasteiger partial charge on any atom is 0.119 e. The Morgan fingerprint density at radius 2 is 2.13 bits per heavy atom. The number of H-pyrrole nitrogens is 1. The van der Waals surface area contributed by atoms with Crippen molar-refractivity contribution in [3.8, 4) is 5.75 Å². The topological polar surface area (TPSA) is 25.0 Å². The monoisotopic (exact) mass is 203 g/mol. The maximum atomic E-state index is 5.20. The minimum atomic E-state index is 0.920. The van der Waals surface area contributed by atoms with E-state index in [1.54, 1.807) is 7.11 Å². The highest BCUT2D eigenvalue weighted by atomic mass is 16.5. The SMILES string of the molecule is CCCCc1cc2cc(OC)ccc2[nH]1. The average molecular weight is 203 g/mol. The van der Waals surface area contributed by atoms with Crippen molar-refractivity contribution in [3.05, 3.63) is 30.0 Å². The van der Waals surface area contributed by atoms with Gasteiger partial charge >= 0.3 is 0 Å². The van der Waals surface area contributed by atoms with Crippen LogP contribution < -0.4 is 4.74 Å². The number of aromatic nitrogens is 1. The largest absolute Gasteiger partial charge is 0.497 e. The van der Waals surface area contributed by atoms with Crippen LogP contribution >= 0.6 is 0 Å². The van der Waals surface area contributed by atoms with Gasteiger partial charge in [-0.2, -0.15) is 0 Å². The van der Waals surface area contributed by atoms with Crippen molar-refractivity contribution in [2.45, 2.75) is 26.2 Å². The van der Waals surface area contributed by atoms with Crippen molar-refractivity contribution in [1.29, 1.82) is 0 Å². The lowest BCUT2D eigenvalue weighted by Crippen LogP contribution is -1.82. The van der Waals surface area contributed by atoms with Crippen LogP contribution in [0.2, 0.25) is 0 Å². The summed E-state index contributed by atoms with van der Waals surface area (Å²) in [6.45, 7) is 2.21. The Kier molecular flexibility index (Phi) is 2.95. The molecule has 15 heavy (non-hydrogen) atoms. The maximum absolute atomic E-state index is 5.20. The second-order valence-corrected chi connectivity index (χ2v) is 3.85. The van der Waals surface area contributed by atoms with Gasteiger partial charge in [-0.3, -0.25) is 0 Å². The number of ether oxygens (including phenoxy) is 1. The van der Waals surface area contributed by atoms with E-state index in [9.17, 15) is 0 Å². The van der Waals surface area contributed by atoms with Gasteiger partial charge in [-0.05, 0) is 37.1 Å². The van der Waals surface area contributed by atoms with Gasteiger partial charge in [0.15, 0.2) is 0 Å². The summed E-state index contributed by atoms with van der Waals surface area (Å²) < 4.78 is 5.20. The fourth-order valence-corrected chi connectivity index (χ4v) is 1.80. The number of methoxy groups -OCH3 is 1. The van der Waals surface area contributed by atoms with Crippen LogP contribution in [0.1, 0.15) is 25.5 Å². The predicted octanol–water partition coefficient (Wildman–Crippen LogP) is 3.52. The Bertz CT molecular complexity index is 445. The van der Waals surface area contributed by atoms with Crippen molar-refractivity contribution in [1.82, 2.24) is 4.98 Å². The molecule has 0 saturated carbocycles. The van der Waals surface area contributed by atoms with Crippen LogP contribution in [0.25, 0.3) is 10.9 Å². The molecule has 0 spiro atoms. The molecule has 0 amide bonds. The van der Waals surface area contributed by atoms with Gasteiger partial charge in [-0.25, -0.2) is 0 Å². The number of nitrogens with one attached hydrogen (secondary N) is 1. The van der Waals surface area contributed by atoms with Crippen LogP contribution in [0.5, 0.6) is 5.75 Å². The summed E-state index contributed by atoms with van der Waals surface area (Å²) in [6.07, 6.45) is 3.61. The number of benzene rings is 1. The van der Waals surface area contributed by atoms with Crippen LogP contribution in [-0.4, -0.2) is 12.1 Å². The summed E-state index contributed by atoms with van der Waals surface area (Å²) in [5.74, 6) is 0.920. The van der Waals surface area contributed by atoms with Crippen LogP contribution in [-0.2, 0) is 6.42 Å². The van der Waals surface area contributed by atoms with Gasteiger partial charge in [0.2, 0.25) is 0 Å². The summed E-state index contributed by atoms with van der Waals surface area (Å²) in [5.41, 5.74) is 2.52. The molecule has 0 atom stereocenters. The highest BCUT2D eigenvalue weighted by Crippen LogP contribution is 2.21. The summed E-state index contributed by atoms with van der Waals surface area (Å²) >= 11 is 0. The molecule has 0 aliphatic carbocycles. The van der Waals surface area contributed by atoms with Gasteiger partial charge < -0.3 is 9.72 Å². The number of fused-ring (bicyclic) bond motifs is 1. The molecule has 0 aliphatic heterocycles. The van der Waals surface area contributed by atoms with Crippen molar-refractivity contribution in [3.63, 3.8) is 0 Å². The molecule has 1 aromatic carbocycles. The lowest BCUT2D eigenvalue weighted by Gasteiger charge is -1.97. The quantitative estimate of drug-likeness (QED) is 0.808. The molecule has 2 nitrogen and oxygen atoms in total. The molecule has 2 aromatic rings. The van der Waals surface area contributed by atoms with E-state index in [4.69, 9.17) is 4.74 Å². The Balaban J connectivity index is 2.29. The summed E-state index contributed by atoms with van der Waals surface area (Å²) in [6, 6.07) is 8.35. The molecule has 1 N–H and O–H groups in total. The van der Waals surface area contributed by atoms with Gasteiger partial charge in [0.05, 0.1) is 7.11 Å². The molecule has 0 unspecified atom stereocenters. The summed E-state index contributed by atoms with van der Waals surface area (Å²) in [7, 11) is 1.70. The zero-order valence-electron chi connectivity index (χ0n) is 9.34. The smallest absolute Gasteiger partial charge is 0.119 e. The standard InChI is InChI=1S/C13H17NO/c1-3-4-5-11-8-10-9-12(15-2)6-7-13(10)14-11/h6-9,14H,3-5H2,1-2H3. The minimum Gasteiger partial charge on any atom is -0.497 e. The first kappa shape index (κ1) is 10.1. The van der Waals surface area contributed by atoms with E-state index in [1.165, 1.54) is 29.4 Å². The molecule has 2 heteroatoms. The summed E-state index contributed by atoms with van der Waals surface area (Å²) in [4.78, 5) is 3.43. The number of hydrogen-bond donors (Lipinski definition) is 1. The fourth-order valence-electron chi connectivity index (χ4n) is 1.80. The third-order valence-electron chi connectivity index (χ3n) is 2.68. The molecule has 0 saturated heterocycles. The second-order valence-electron chi connectivity index (χ2n) is 3.85. The molecule has 0 aliphatic rings. The van der Waals surface area contributed by atoms with Gasteiger partial charge in [-0.1, -0.05) is 13.3 Å². The van der Waals surface area contributed by atoms with Crippen LogP contribution in [0.4, 0.5) is 0 Å². The van der Waals surface area contributed by atoms with Crippen molar-refractivity contribution < 1.29 is 4.74 Å². The van der Waals surface area contributed by atoms with Gasteiger partial charge in [0, 0.05) is 16.6 Å². The van der Waals surface area contributed by atoms with Crippen LogP contribution in [0.15, 0.2) is 24.3 Å². The minimum absolute atomic E-state index is 0.920. The number of rotatable bonds is 4. The predicted molar refractivity (Wildman–Crippen MR) is 63.5 cm³/mol. The lowest BCUT2D eigenvalue weighted by atomic mass is 10.2. The molecule has 0 radical (unpaired) electrons. The Morgan fingerprint density at radius 1 is 1.27 bits per heavy atom. The molecule has 2 rings (SSSR count). The van der Waals surface area contributed by atoms with E-state index in [0.29, 0.717) is 0 Å². The fraction of sp³-hybridized carbons (Fsp3) is 0.385. The molecule has 1 heterocycles. The number of hydrogen-bond acceptors (Lipinski definition) is 1. The van der Waals surface area contributed by atoms with E-state index in [-0.39, 0.29) is 0 Å². The van der Waals surface area contributed by atoms with Crippen molar-refractivity contribution >= 4 is 10.9 Å². The normalized spacial score (nSPS) is 10.8. The zero-order valence-corrected chi connectivity index (χ0v) is 9.34. The molecule has 80 valence electrons. The number of aromatic amines is 1. The highest BCUT2D eigenvalue weighted by molar-refractivity contribution is 5.81. The molecule has 1 aromatic heterocycles. The zero-order chi connectivity index (χ0) is 10.7. The van der Waals surface area contributed by atoms with Gasteiger partial charge in [-0.15, -0.1) is 0 Å². The number of aryl methyl sites for hydroxylation is 1. The van der Waals surface area contributed by atoms with Crippen molar-refractivity contribution in [2.24, 2.45) is 0 Å².